The number of nitrogens with zero attached hydrogens (tertiary/aromatic N) is 1. The molecular formula is C12H22N4O5S2. The molecule has 0 aromatic rings. The molecule has 132 valence electrons. The summed E-state index contributed by atoms with van der Waals surface area (Å²) in [6.07, 6.45) is 2.67. The zero-order chi connectivity index (χ0) is 15.9. The van der Waals surface area contributed by atoms with Crippen LogP contribution in [-0.4, -0.2) is 66.8 Å². The number of nitrogens with one attached hydrogen (secondary N) is 2. The van der Waals surface area contributed by atoms with Gasteiger partial charge in [0.1, 0.15) is 5.70 Å². The minimum Gasteiger partial charge on any atom is -0.477 e. The van der Waals surface area contributed by atoms with Crippen LogP contribution >= 0.6 is 11.8 Å². The first-order valence-corrected chi connectivity index (χ1v) is 9.66. The molecule has 1 unspecified atom stereocenters. The second-order valence-electron chi connectivity index (χ2n) is 5.89. The fourth-order valence-corrected chi connectivity index (χ4v) is 5.16. The van der Waals surface area contributed by atoms with E-state index in [1.54, 1.807) is 11.8 Å². The van der Waals surface area contributed by atoms with E-state index in [-0.39, 0.29) is 23.3 Å². The molecule has 11 heteroatoms. The van der Waals surface area contributed by atoms with Gasteiger partial charge in [-0.25, -0.2) is 14.7 Å². The van der Waals surface area contributed by atoms with Gasteiger partial charge in [-0.15, -0.1) is 11.8 Å². The Morgan fingerprint density at radius 3 is 2.83 bits per heavy atom. The van der Waals surface area contributed by atoms with Crippen molar-refractivity contribution in [2.45, 2.75) is 36.6 Å². The first-order chi connectivity index (χ1) is 10.3. The first-order valence-electron chi connectivity index (χ1n) is 7.24. The van der Waals surface area contributed by atoms with Gasteiger partial charge in [-0.3, -0.25) is 0 Å². The molecule has 9 nitrogen and oxygen atoms in total. The van der Waals surface area contributed by atoms with Gasteiger partial charge in [0.2, 0.25) is 0 Å². The van der Waals surface area contributed by atoms with Crippen LogP contribution < -0.4 is 15.2 Å². The van der Waals surface area contributed by atoms with E-state index >= 15 is 0 Å². The van der Waals surface area contributed by atoms with Crippen LogP contribution in [0, 0.1) is 0 Å². The highest BCUT2D eigenvalue weighted by Crippen LogP contribution is 2.44. The Morgan fingerprint density at radius 1 is 1.52 bits per heavy atom. The molecule has 0 aromatic carbocycles. The molecule has 0 bridgehead atoms. The molecule has 0 saturated carbocycles. The molecule has 3 atom stereocenters. The Labute approximate surface area is 139 Å². The summed E-state index contributed by atoms with van der Waals surface area (Å²) in [6.45, 7) is 1.83. The molecular weight excluding hydrogens is 344 g/mol. The Bertz CT molecular complexity index is 609. The normalized spacial score (nSPS) is 30.0. The van der Waals surface area contributed by atoms with Crippen LogP contribution in [0.4, 0.5) is 0 Å². The maximum absolute atomic E-state index is 11.4. The van der Waals surface area contributed by atoms with Gasteiger partial charge < -0.3 is 20.8 Å². The minimum atomic E-state index is -3.67. The smallest absolute Gasteiger partial charge is 0.353 e. The Morgan fingerprint density at radius 2 is 2.26 bits per heavy atom. The van der Waals surface area contributed by atoms with Gasteiger partial charge in [-0.05, 0) is 12.8 Å². The maximum Gasteiger partial charge on any atom is 0.353 e. The highest BCUT2D eigenvalue weighted by molar-refractivity contribution is 8.03. The number of carboxylic acid groups (broad SMARTS) is 1. The van der Waals surface area contributed by atoms with Crippen LogP contribution in [0.25, 0.3) is 0 Å². The molecule has 23 heavy (non-hydrogen) atoms. The number of thioether (sulfide) groups is 1. The van der Waals surface area contributed by atoms with E-state index in [4.69, 9.17) is 5.14 Å². The van der Waals surface area contributed by atoms with Gasteiger partial charge in [-0.1, -0.05) is 0 Å². The number of nitrogens with two attached hydrogens (primary N) is 1. The first kappa shape index (κ1) is 18.5. The molecule has 0 aromatic heterocycles. The fraction of sp³-hybridized carbons (Fsp3) is 0.750. The summed E-state index contributed by atoms with van der Waals surface area (Å²) in [5.41, 5.74) is 0.465. The molecule has 3 rings (SSSR count). The summed E-state index contributed by atoms with van der Waals surface area (Å²) in [7, 11) is -3.67. The standard InChI is InChI=1S/C12H20N4O4S2.H2O/c13-22(19,20)15-5-7-3-9(6-14-7)21-10-4-8-1-2-16(8)11(10)12(17)18;/h7-9,14-15H,1-6H2,(H,17,18)(H2,13,19,20);1H2/t7-,8?,9-;/m0./s1. The molecule has 3 heterocycles. The van der Waals surface area contributed by atoms with Crippen LogP contribution in [0.3, 0.4) is 0 Å². The topological polar surface area (TPSA) is 156 Å². The van der Waals surface area contributed by atoms with Gasteiger partial charge in [0.15, 0.2) is 0 Å². The summed E-state index contributed by atoms with van der Waals surface area (Å²) < 4.78 is 24.1. The molecule has 2 fully saturated rings. The van der Waals surface area contributed by atoms with E-state index in [0.717, 1.165) is 37.3 Å². The molecule has 0 radical (unpaired) electrons. The second-order valence-corrected chi connectivity index (χ2v) is 8.67. The Balaban J connectivity index is 0.00000192. The fourth-order valence-electron chi connectivity index (χ4n) is 3.21. The van der Waals surface area contributed by atoms with Gasteiger partial charge in [0, 0.05) is 48.3 Å². The van der Waals surface area contributed by atoms with Crippen LogP contribution in [-0.2, 0) is 15.0 Å². The van der Waals surface area contributed by atoms with Crippen molar-refractivity contribution in [2.24, 2.45) is 5.14 Å². The predicted molar refractivity (Wildman–Crippen MR) is 86.9 cm³/mol. The third kappa shape index (κ3) is 4.17. The summed E-state index contributed by atoms with van der Waals surface area (Å²) in [4.78, 5) is 14.4. The van der Waals surface area contributed by atoms with E-state index < -0.39 is 16.2 Å². The number of fused-ring (bicyclic) bond motifs is 1. The summed E-state index contributed by atoms with van der Waals surface area (Å²) in [5.74, 6) is -0.844. The lowest BCUT2D eigenvalue weighted by Gasteiger charge is -2.37. The van der Waals surface area contributed by atoms with E-state index in [2.05, 4.69) is 10.0 Å². The van der Waals surface area contributed by atoms with E-state index in [9.17, 15) is 18.3 Å². The third-order valence-electron chi connectivity index (χ3n) is 4.34. The number of aliphatic carboxylic acids is 1. The lowest BCUT2D eigenvalue weighted by molar-refractivity contribution is -0.135. The van der Waals surface area contributed by atoms with Crippen LogP contribution in [0.2, 0.25) is 0 Å². The van der Waals surface area contributed by atoms with Gasteiger partial charge in [0.25, 0.3) is 10.2 Å². The lowest BCUT2D eigenvalue weighted by Crippen LogP contribution is -2.44. The average molecular weight is 366 g/mol. The van der Waals surface area contributed by atoms with Crippen molar-refractivity contribution in [3.05, 3.63) is 10.6 Å². The summed E-state index contributed by atoms with van der Waals surface area (Å²) in [6, 6.07) is 0.394. The van der Waals surface area contributed by atoms with Crippen molar-refractivity contribution < 1.29 is 23.8 Å². The van der Waals surface area contributed by atoms with Crippen molar-refractivity contribution in [3.63, 3.8) is 0 Å². The van der Waals surface area contributed by atoms with Crippen molar-refractivity contribution in [1.29, 1.82) is 0 Å². The molecule has 2 saturated heterocycles. The van der Waals surface area contributed by atoms with Crippen molar-refractivity contribution in [2.75, 3.05) is 19.6 Å². The van der Waals surface area contributed by atoms with Gasteiger partial charge >= 0.3 is 5.97 Å². The zero-order valence-electron chi connectivity index (χ0n) is 12.5. The van der Waals surface area contributed by atoms with E-state index in [0.29, 0.717) is 11.7 Å². The largest absolute Gasteiger partial charge is 0.477 e. The van der Waals surface area contributed by atoms with Crippen molar-refractivity contribution >= 4 is 27.9 Å². The molecule has 0 spiro atoms. The van der Waals surface area contributed by atoms with Crippen LogP contribution in [0.1, 0.15) is 19.3 Å². The molecule has 3 aliphatic heterocycles. The number of carbonyl (C=O) groups is 1. The molecule has 0 aliphatic carbocycles. The SMILES string of the molecule is NS(=O)(=O)NC[C@@H]1C[C@H](SC2=C(C(=O)O)N3CCC3C2)CN1.O. The highest BCUT2D eigenvalue weighted by Gasteiger charge is 2.42. The quantitative estimate of drug-likeness (QED) is 0.432. The maximum atomic E-state index is 11.4. The molecule has 0 amide bonds. The third-order valence-corrected chi connectivity index (χ3v) is 6.25. The Kier molecular flexibility index (Phi) is 5.59. The number of rotatable bonds is 6. The molecule has 3 aliphatic rings. The van der Waals surface area contributed by atoms with Crippen molar-refractivity contribution in [1.82, 2.24) is 14.9 Å². The monoisotopic (exact) mass is 366 g/mol. The van der Waals surface area contributed by atoms with Gasteiger partial charge in [0.05, 0.1) is 0 Å². The summed E-state index contributed by atoms with van der Waals surface area (Å²) >= 11 is 1.62. The highest BCUT2D eigenvalue weighted by atomic mass is 32.2. The van der Waals surface area contributed by atoms with Crippen molar-refractivity contribution in [3.8, 4) is 0 Å². The van der Waals surface area contributed by atoms with Crippen LogP contribution in [0.15, 0.2) is 10.6 Å². The number of carboxylic acids is 1. The predicted octanol–water partition coefficient (Wildman–Crippen LogP) is -1.81. The van der Waals surface area contributed by atoms with E-state index in [1.807, 2.05) is 4.90 Å². The number of hydrogen-bond donors (Lipinski definition) is 4. The molecule has 7 N–H and O–H groups in total. The second kappa shape index (κ2) is 6.95. The average Bonchev–Trinajstić information content (AvgIpc) is 2.92. The number of hydrogen-bond acceptors (Lipinski definition) is 6. The van der Waals surface area contributed by atoms with Crippen LogP contribution in [0.5, 0.6) is 0 Å². The van der Waals surface area contributed by atoms with E-state index in [1.165, 1.54) is 0 Å². The lowest BCUT2D eigenvalue weighted by atomic mass is 10.0. The summed E-state index contributed by atoms with van der Waals surface area (Å²) in [5, 5.41) is 17.8. The van der Waals surface area contributed by atoms with Gasteiger partial charge in [-0.2, -0.15) is 8.42 Å². The Hall–Kier alpha value is -0.850. The minimum absolute atomic E-state index is 0. The zero-order valence-corrected chi connectivity index (χ0v) is 14.1.